The lowest BCUT2D eigenvalue weighted by atomic mass is 10.1. The summed E-state index contributed by atoms with van der Waals surface area (Å²) in [5.74, 6) is 1.47. The summed E-state index contributed by atoms with van der Waals surface area (Å²) in [6.07, 6.45) is 4.63. The van der Waals surface area contributed by atoms with E-state index in [1.165, 1.54) is 6.20 Å². The molecular formula is C18H16N6O3S. The van der Waals surface area contributed by atoms with Crippen LogP contribution in [0.25, 0.3) is 16.9 Å². The van der Waals surface area contributed by atoms with Gasteiger partial charge in [0.1, 0.15) is 5.75 Å². The molecule has 0 aliphatic rings. The van der Waals surface area contributed by atoms with Crippen molar-refractivity contribution < 1.29 is 13.2 Å². The number of benzene rings is 1. The summed E-state index contributed by atoms with van der Waals surface area (Å²) >= 11 is 0. The summed E-state index contributed by atoms with van der Waals surface area (Å²) in [5, 5.41) is 12.6. The van der Waals surface area contributed by atoms with Crippen LogP contribution in [0, 0.1) is 0 Å². The lowest BCUT2D eigenvalue weighted by Crippen LogP contribution is -2.05. The van der Waals surface area contributed by atoms with Gasteiger partial charge in [0, 0.05) is 24.4 Å². The molecule has 28 heavy (non-hydrogen) atoms. The van der Waals surface area contributed by atoms with Crippen LogP contribution < -0.4 is 4.74 Å². The first-order chi connectivity index (χ1) is 13.4. The van der Waals surface area contributed by atoms with Crippen molar-refractivity contribution in [1.29, 1.82) is 0 Å². The summed E-state index contributed by atoms with van der Waals surface area (Å²) in [5.41, 5.74) is 2.67. The Bertz CT molecular complexity index is 1250. The van der Waals surface area contributed by atoms with Crippen LogP contribution in [0.2, 0.25) is 0 Å². The van der Waals surface area contributed by atoms with E-state index in [-0.39, 0.29) is 5.16 Å². The first-order valence-electron chi connectivity index (χ1n) is 8.31. The lowest BCUT2D eigenvalue weighted by molar-refractivity contribution is 0.414. The maximum atomic E-state index is 11.7. The number of fused-ring (bicyclic) bond motifs is 1. The topological polar surface area (TPSA) is 112 Å². The molecule has 0 spiro atoms. The van der Waals surface area contributed by atoms with Gasteiger partial charge in [-0.05, 0) is 29.8 Å². The van der Waals surface area contributed by atoms with Gasteiger partial charge in [0.05, 0.1) is 19.0 Å². The van der Waals surface area contributed by atoms with Crippen LogP contribution in [-0.2, 0) is 16.3 Å². The van der Waals surface area contributed by atoms with Gasteiger partial charge in [0.25, 0.3) is 0 Å². The van der Waals surface area contributed by atoms with E-state index >= 15 is 0 Å². The molecule has 4 rings (SSSR count). The van der Waals surface area contributed by atoms with E-state index in [1.807, 2.05) is 24.3 Å². The number of aromatic nitrogens is 6. The van der Waals surface area contributed by atoms with Gasteiger partial charge < -0.3 is 4.74 Å². The van der Waals surface area contributed by atoms with Crippen LogP contribution in [0.3, 0.4) is 0 Å². The van der Waals surface area contributed by atoms with Gasteiger partial charge in [-0.3, -0.25) is 0 Å². The van der Waals surface area contributed by atoms with Crippen LogP contribution >= 0.6 is 0 Å². The molecule has 1 aromatic carbocycles. The second-order valence-electron chi connectivity index (χ2n) is 6.15. The predicted molar refractivity (Wildman–Crippen MR) is 101 cm³/mol. The van der Waals surface area contributed by atoms with Gasteiger partial charge in [-0.15, -0.1) is 10.2 Å². The fraction of sp³-hybridized carbons (Fsp3) is 0.167. The molecule has 9 nitrogen and oxygen atoms in total. The van der Waals surface area contributed by atoms with E-state index in [0.29, 0.717) is 29.1 Å². The first-order valence-corrected chi connectivity index (χ1v) is 10.2. The molecule has 0 atom stereocenters. The Morgan fingerprint density at radius 1 is 1.11 bits per heavy atom. The average molecular weight is 396 g/mol. The van der Waals surface area contributed by atoms with Crippen LogP contribution in [0.1, 0.15) is 11.4 Å². The molecule has 0 N–H and O–H groups in total. The van der Waals surface area contributed by atoms with Crippen LogP contribution in [0.4, 0.5) is 0 Å². The molecule has 3 aromatic heterocycles. The minimum Gasteiger partial charge on any atom is -0.497 e. The van der Waals surface area contributed by atoms with E-state index in [9.17, 15) is 8.42 Å². The molecule has 3 heterocycles. The molecule has 0 aliphatic heterocycles. The molecule has 0 bridgehead atoms. The molecule has 142 valence electrons. The van der Waals surface area contributed by atoms with Crippen molar-refractivity contribution in [1.82, 2.24) is 29.8 Å². The molecule has 0 saturated heterocycles. The second kappa shape index (κ2) is 6.97. The van der Waals surface area contributed by atoms with Gasteiger partial charge in [-0.2, -0.15) is 9.61 Å². The van der Waals surface area contributed by atoms with E-state index in [1.54, 1.807) is 30.0 Å². The SMILES string of the molecule is COc1ccc(Cc2nnc3cc(-c4ccnc(S(C)(=O)=O)n4)cnn23)cc1. The Balaban J connectivity index is 1.66. The Morgan fingerprint density at radius 2 is 1.89 bits per heavy atom. The second-order valence-corrected chi connectivity index (χ2v) is 8.06. The van der Waals surface area contributed by atoms with Gasteiger partial charge in [0.2, 0.25) is 15.0 Å². The fourth-order valence-electron chi connectivity index (χ4n) is 2.69. The lowest BCUT2D eigenvalue weighted by Gasteiger charge is -2.04. The number of methoxy groups -OCH3 is 1. The van der Waals surface area contributed by atoms with Gasteiger partial charge in [-0.1, -0.05) is 12.1 Å². The van der Waals surface area contributed by atoms with E-state index in [0.717, 1.165) is 17.6 Å². The highest BCUT2D eigenvalue weighted by Gasteiger charge is 2.14. The molecule has 0 fully saturated rings. The average Bonchev–Trinajstić information content (AvgIpc) is 3.10. The summed E-state index contributed by atoms with van der Waals surface area (Å²) < 4.78 is 30.2. The largest absolute Gasteiger partial charge is 0.497 e. The first kappa shape index (κ1) is 18.0. The highest BCUT2D eigenvalue weighted by atomic mass is 32.2. The van der Waals surface area contributed by atoms with Crippen molar-refractivity contribution >= 4 is 15.5 Å². The number of ether oxygens (including phenoxy) is 1. The Hall–Kier alpha value is -3.40. The zero-order valence-electron chi connectivity index (χ0n) is 15.1. The smallest absolute Gasteiger partial charge is 0.247 e. The normalized spacial score (nSPS) is 11.6. The highest BCUT2D eigenvalue weighted by molar-refractivity contribution is 7.90. The van der Waals surface area contributed by atoms with E-state index in [2.05, 4.69) is 25.3 Å². The molecule has 0 aliphatic carbocycles. The Labute approximate surface area is 161 Å². The van der Waals surface area contributed by atoms with Crippen molar-refractivity contribution in [3.8, 4) is 17.0 Å². The van der Waals surface area contributed by atoms with Crippen LogP contribution in [-0.4, -0.2) is 51.6 Å². The third kappa shape index (κ3) is 3.54. The maximum Gasteiger partial charge on any atom is 0.247 e. The Kier molecular flexibility index (Phi) is 4.47. The monoisotopic (exact) mass is 396 g/mol. The summed E-state index contributed by atoms with van der Waals surface area (Å²) in [6.45, 7) is 0. The molecule has 0 saturated carbocycles. The minimum atomic E-state index is -3.50. The van der Waals surface area contributed by atoms with Gasteiger partial charge in [-0.25, -0.2) is 18.4 Å². The zero-order chi connectivity index (χ0) is 19.7. The van der Waals surface area contributed by atoms with E-state index in [4.69, 9.17) is 4.74 Å². The number of hydrogen-bond donors (Lipinski definition) is 0. The fourth-order valence-corrected chi connectivity index (χ4v) is 3.21. The molecule has 4 aromatic rings. The van der Waals surface area contributed by atoms with Crippen molar-refractivity contribution in [2.45, 2.75) is 11.6 Å². The molecule has 0 unspecified atom stereocenters. The summed E-state index contributed by atoms with van der Waals surface area (Å²) in [4.78, 5) is 7.90. The number of hydrogen-bond acceptors (Lipinski definition) is 8. The number of rotatable bonds is 5. The summed E-state index contributed by atoms with van der Waals surface area (Å²) in [6, 6.07) is 11.1. The van der Waals surface area contributed by atoms with E-state index < -0.39 is 9.84 Å². The van der Waals surface area contributed by atoms with Crippen molar-refractivity contribution in [2.24, 2.45) is 0 Å². The van der Waals surface area contributed by atoms with Crippen molar-refractivity contribution in [3.63, 3.8) is 0 Å². The molecule has 0 radical (unpaired) electrons. The predicted octanol–water partition coefficient (Wildman–Crippen LogP) is 1.58. The molecule has 0 amide bonds. The van der Waals surface area contributed by atoms with Crippen molar-refractivity contribution in [3.05, 3.63) is 60.2 Å². The Morgan fingerprint density at radius 3 is 2.61 bits per heavy atom. The third-order valence-corrected chi connectivity index (χ3v) is 4.97. The molecular weight excluding hydrogens is 380 g/mol. The maximum absolute atomic E-state index is 11.7. The van der Waals surface area contributed by atoms with Crippen LogP contribution in [0.15, 0.2) is 53.9 Å². The van der Waals surface area contributed by atoms with Gasteiger partial charge in [0.15, 0.2) is 11.5 Å². The van der Waals surface area contributed by atoms with Crippen molar-refractivity contribution in [2.75, 3.05) is 13.4 Å². The number of sulfone groups is 1. The summed E-state index contributed by atoms with van der Waals surface area (Å²) in [7, 11) is -1.87. The van der Waals surface area contributed by atoms with Gasteiger partial charge >= 0.3 is 0 Å². The highest BCUT2D eigenvalue weighted by Crippen LogP contribution is 2.19. The third-order valence-electron chi connectivity index (χ3n) is 4.11. The molecule has 10 heteroatoms. The zero-order valence-corrected chi connectivity index (χ0v) is 16.0. The quantitative estimate of drug-likeness (QED) is 0.467. The van der Waals surface area contributed by atoms with Crippen LogP contribution in [0.5, 0.6) is 5.75 Å². The number of nitrogens with zero attached hydrogens (tertiary/aromatic N) is 6. The standard InChI is InChI=1S/C18H16N6O3S/c1-27-14-5-3-12(4-6-14)9-16-22-23-17-10-13(11-20-24(16)17)15-7-8-19-18(21-15)28(2,25)26/h3-8,10-11H,9H2,1-2H3. The minimum absolute atomic E-state index is 0.230.